The van der Waals surface area contributed by atoms with Gasteiger partial charge in [0.2, 0.25) is 0 Å². The molecule has 1 amide bonds. The number of carbonyl (C=O) groups excluding carboxylic acids is 1. The molecule has 0 aliphatic heterocycles. The van der Waals surface area contributed by atoms with E-state index >= 15 is 0 Å². The van der Waals surface area contributed by atoms with Crippen molar-refractivity contribution >= 4 is 5.91 Å². The van der Waals surface area contributed by atoms with Gasteiger partial charge >= 0.3 is 0 Å². The molecule has 1 aromatic heterocycles. The molecule has 1 aliphatic rings. The van der Waals surface area contributed by atoms with Crippen LogP contribution in [0.5, 0.6) is 0 Å². The molecule has 0 saturated carbocycles. The number of nitrogens with zero attached hydrogens (tertiary/aromatic N) is 3. The first-order valence-corrected chi connectivity index (χ1v) is 7.74. The molecule has 0 saturated heterocycles. The third kappa shape index (κ3) is 2.57. The van der Waals surface area contributed by atoms with Gasteiger partial charge in [0.15, 0.2) is 0 Å². The molecule has 0 bridgehead atoms. The summed E-state index contributed by atoms with van der Waals surface area (Å²) >= 11 is 0. The van der Waals surface area contributed by atoms with Gasteiger partial charge in [0.1, 0.15) is 12.7 Å². The molecule has 0 unspecified atom stereocenters. The third-order valence-electron chi connectivity index (χ3n) is 4.34. The number of amides is 1. The summed E-state index contributed by atoms with van der Waals surface area (Å²) in [6.45, 7) is 0. The zero-order chi connectivity index (χ0) is 16.5. The molecule has 6 nitrogen and oxygen atoms in total. The number of carbonyl (C=O) groups is 1. The van der Waals surface area contributed by atoms with Crippen LogP contribution in [-0.4, -0.2) is 31.9 Å². The first-order chi connectivity index (χ1) is 11.7. The number of hydrogen-bond donors (Lipinski definition) is 2. The zero-order valence-electron chi connectivity index (χ0n) is 12.8. The van der Waals surface area contributed by atoms with Crippen molar-refractivity contribution in [2.45, 2.75) is 18.6 Å². The quantitative estimate of drug-likeness (QED) is 0.769. The summed E-state index contributed by atoms with van der Waals surface area (Å²) in [7, 11) is 0. The van der Waals surface area contributed by atoms with Crippen LogP contribution in [0.4, 0.5) is 0 Å². The van der Waals surface area contributed by atoms with E-state index in [4.69, 9.17) is 0 Å². The minimum absolute atomic E-state index is 0.203. The molecule has 1 heterocycles. The minimum Gasteiger partial charge on any atom is -0.390 e. The van der Waals surface area contributed by atoms with Crippen LogP contribution in [-0.2, 0) is 6.42 Å². The number of aliphatic hydroxyl groups is 1. The van der Waals surface area contributed by atoms with E-state index in [0.29, 0.717) is 12.0 Å². The van der Waals surface area contributed by atoms with Gasteiger partial charge in [-0.25, -0.2) is 0 Å². The SMILES string of the molecule is O=C(N[C@@H]1c2ccccc2C[C@H]1O)c1ccc(-n2cnnc2)cc1. The normalized spacial score (nSPS) is 19.0. The predicted octanol–water partition coefficient (Wildman–Crippen LogP) is 1.66. The maximum Gasteiger partial charge on any atom is 0.251 e. The average Bonchev–Trinajstić information content (AvgIpc) is 3.24. The fraction of sp³-hybridized carbons (Fsp3) is 0.167. The number of rotatable bonds is 3. The summed E-state index contributed by atoms with van der Waals surface area (Å²) in [4.78, 5) is 12.5. The van der Waals surface area contributed by atoms with Crippen LogP contribution < -0.4 is 5.32 Å². The highest BCUT2D eigenvalue weighted by atomic mass is 16.3. The molecule has 2 N–H and O–H groups in total. The van der Waals surface area contributed by atoms with Crippen molar-refractivity contribution in [1.82, 2.24) is 20.1 Å². The van der Waals surface area contributed by atoms with E-state index in [1.165, 1.54) is 0 Å². The Bertz CT molecular complexity index is 859. The molecular weight excluding hydrogens is 304 g/mol. The van der Waals surface area contributed by atoms with Crippen molar-refractivity contribution < 1.29 is 9.90 Å². The van der Waals surface area contributed by atoms with Crippen LogP contribution in [0.25, 0.3) is 5.69 Å². The summed E-state index contributed by atoms with van der Waals surface area (Å²) in [6.07, 6.45) is 3.16. The third-order valence-corrected chi connectivity index (χ3v) is 4.34. The number of aromatic nitrogens is 3. The molecule has 0 spiro atoms. The van der Waals surface area contributed by atoms with Gasteiger partial charge < -0.3 is 10.4 Å². The van der Waals surface area contributed by atoms with Crippen molar-refractivity contribution in [3.63, 3.8) is 0 Å². The Balaban J connectivity index is 1.52. The van der Waals surface area contributed by atoms with Crippen LogP contribution in [0.1, 0.15) is 27.5 Å². The van der Waals surface area contributed by atoms with E-state index in [-0.39, 0.29) is 11.9 Å². The van der Waals surface area contributed by atoms with Crippen molar-refractivity contribution in [3.8, 4) is 5.69 Å². The molecule has 24 heavy (non-hydrogen) atoms. The van der Waals surface area contributed by atoms with Gasteiger partial charge in [-0.2, -0.15) is 0 Å². The lowest BCUT2D eigenvalue weighted by molar-refractivity contribution is 0.0858. The van der Waals surface area contributed by atoms with E-state index in [2.05, 4.69) is 15.5 Å². The van der Waals surface area contributed by atoms with Gasteiger partial charge in [0.05, 0.1) is 12.1 Å². The Kier molecular flexibility index (Phi) is 3.59. The monoisotopic (exact) mass is 320 g/mol. The molecule has 2 atom stereocenters. The Hall–Kier alpha value is -2.99. The van der Waals surface area contributed by atoms with Crippen LogP contribution in [0.15, 0.2) is 61.2 Å². The lowest BCUT2D eigenvalue weighted by atomic mass is 10.1. The van der Waals surface area contributed by atoms with Crippen LogP contribution in [0, 0.1) is 0 Å². The highest BCUT2D eigenvalue weighted by Gasteiger charge is 2.31. The molecule has 4 rings (SSSR count). The standard InChI is InChI=1S/C18H16N4O2/c23-16-9-13-3-1-2-4-15(13)17(16)21-18(24)12-5-7-14(8-6-12)22-10-19-20-11-22/h1-8,10-11,16-17,23H,9H2,(H,21,24)/t16-,17-/m1/s1. The molecule has 0 radical (unpaired) electrons. The number of aliphatic hydroxyl groups excluding tert-OH is 1. The van der Waals surface area contributed by atoms with Crippen molar-refractivity contribution in [2.24, 2.45) is 0 Å². The zero-order valence-corrected chi connectivity index (χ0v) is 12.8. The lowest BCUT2D eigenvalue weighted by Crippen LogP contribution is -2.33. The second kappa shape index (κ2) is 5.90. The maximum atomic E-state index is 12.5. The number of benzene rings is 2. The summed E-state index contributed by atoms with van der Waals surface area (Å²) in [5.41, 5.74) is 3.49. The first kappa shape index (κ1) is 14.6. The summed E-state index contributed by atoms with van der Waals surface area (Å²) in [5.74, 6) is -0.203. The molecular formula is C18H16N4O2. The van der Waals surface area contributed by atoms with Gasteiger partial charge in [0.25, 0.3) is 5.91 Å². The Morgan fingerprint density at radius 1 is 1.08 bits per heavy atom. The van der Waals surface area contributed by atoms with E-state index in [1.54, 1.807) is 29.4 Å². The van der Waals surface area contributed by atoms with E-state index in [9.17, 15) is 9.90 Å². The smallest absolute Gasteiger partial charge is 0.251 e. The van der Waals surface area contributed by atoms with Crippen molar-refractivity contribution in [2.75, 3.05) is 0 Å². The van der Waals surface area contributed by atoms with Gasteiger partial charge in [-0.1, -0.05) is 24.3 Å². The van der Waals surface area contributed by atoms with Crippen molar-refractivity contribution in [3.05, 3.63) is 77.9 Å². The maximum absolute atomic E-state index is 12.5. The molecule has 0 fully saturated rings. The fourth-order valence-electron chi connectivity index (χ4n) is 3.09. The van der Waals surface area contributed by atoms with Crippen LogP contribution in [0.2, 0.25) is 0 Å². The molecule has 6 heteroatoms. The topological polar surface area (TPSA) is 80.0 Å². The Labute approximate surface area is 138 Å². The second-order valence-corrected chi connectivity index (χ2v) is 5.84. The highest BCUT2D eigenvalue weighted by Crippen LogP contribution is 2.31. The number of fused-ring (bicyclic) bond motifs is 1. The van der Waals surface area contributed by atoms with Gasteiger partial charge in [0, 0.05) is 17.7 Å². The largest absolute Gasteiger partial charge is 0.390 e. The number of nitrogens with one attached hydrogen (secondary N) is 1. The Morgan fingerprint density at radius 3 is 2.54 bits per heavy atom. The first-order valence-electron chi connectivity index (χ1n) is 7.74. The van der Waals surface area contributed by atoms with Gasteiger partial charge in [-0.05, 0) is 35.4 Å². The molecule has 1 aliphatic carbocycles. The fourth-order valence-corrected chi connectivity index (χ4v) is 3.09. The molecule has 2 aromatic carbocycles. The second-order valence-electron chi connectivity index (χ2n) is 5.84. The minimum atomic E-state index is -0.595. The lowest BCUT2D eigenvalue weighted by Gasteiger charge is -2.18. The van der Waals surface area contributed by atoms with Gasteiger partial charge in [-0.3, -0.25) is 9.36 Å². The van der Waals surface area contributed by atoms with Gasteiger partial charge in [-0.15, -0.1) is 10.2 Å². The summed E-state index contributed by atoms with van der Waals surface area (Å²) in [5, 5.41) is 20.7. The van der Waals surface area contributed by atoms with Crippen LogP contribution >= 0.6 is 0 Å². The van der Waals surface area contributed by atoms with Crippen molar-refractivity contribution in [1.29, 1.82) is 0 Å². The highest BCUT2D eigenvalue weighted by molar-refractivity contribution is 5.94. The predicted molar refractivity (Wildman–Crippen MR) is 87.7 cm³/mol. The average molecular weight is 320 g/mol. The Morgan fingerprint density at radius 2 is 1.79 bits per heavy atom. The molecule has 3 aromatic rings. The summed E-state index contributed by atoms with van der Waals surface area (Å²) < 4.78 is 1.76. The van der Waals surface area contributed by atoms with Crippen LogP contribution in [0.3, 0.4) is 0 Å². The van der Waals surface area contributed by atoms with E-state index in [0.717, 1.165) is 16.8 Å². The summed E-state index contributed by atoms with van der Waals surface area (Å²) in [6, 6.07) is 14.6. The van der Waals surface area contributed by atoms with E-state index < -0.39 is 6.10 Å². The molecule has 120 valence electrons. The number of hydrogen-bond acceptors (Lipinski definition) is 4. The van der Waals surface area contributed by atoms with E-state index in [1.807, 2.05) is 36.4 Å².